The Labute approximate surface area is 159 Å². The van der Waals surface area contributed by atoms with Gasteiger partial charge in [0.25, 0.3) is 5.91 Å². The third-order valence-corrected chi connectivity index (χ3v) is 6.20. The Balaban J connectivity index is 1.74. The van der Waals surface area contributed by atoms with E-state index in [2.05, 4.69) is 18.7 Å². The molecule has 1 unspecified atom stereocenters. The Kier molecular flexibility index (Phi) is 4.46. The molecule has 2 aromatic rings. The molecule has 0 saturated carbocycles. The minimum absolute atomic E-state index is 0.0109. The highest BCUT2D eigenvalue weighted by Gasteiger charge is 2.39. The van der Waals surface area contributed by atoms with Crippen LogP contribution < -0.4 is 5.73 Å². The van der Waals surface area contributed by atoms with E-state index in [-0.39, 0.29) is 11.8 Å². The van der Waals surface area contributed by atoms with E-state index in [9.17, 15) is 9.59 Å². The number of nitrogens with zero attached hydrogens (tertiary/aromatic N) is 3. The van der Waals surface area contributed by atoms with Crippen LogP contribution in [0.5, 0.6) is 0 Å². The van der Waals surface area contributed by atoms with Crippen LogP contribution in [0, 0.1) is 6.92 Å². The molecule has 1 aromatic heterocycles. The van der Waals surface area contributed by atoms with E-state index in [0.717, 1.165) is 35.9 Å². The molecule has 2 aliphatic rings. The molecule has 6 nitrogen and oxygen atoms in total. The fourth-order valence-corrected chi connectivity index (χ4v) is 4.90. The Morgan fingerprint density at radius 1 is 1.30 bits per heavy atom. The number of hydrogen-bond donors (Lipinski definition) is 1. The summed E-state index contributed by atoms with van der Waals surface area (Å²) in [7, 11) is 0. The summed E-state index contributed by atoms with van der Waals surface area (Å²) in [6.07, 6.45) is 2.24. The van der Waals surface area contributed by atoms with Crippen molar-refractivity contribution < 1.29 is 9.59 Å². The fourth-order valence-electron chi connectivity index (χ4n) is 4.90. The molecule has 2 N–H and O–H groups in total. The summed E-state index contributed by atoms with van der Waals surface area (Å²) in [4.78, 5) is 30.0. The van der Waals surface area contributed by atoms with Crippen molar-refractivity contribution in [2.75, 3.05) is 19.6 Å². The second-order valence-corrected chi connectivity index (χ2v) is 8.12. The van der Waals surface area contributed by atoms with Gasteiger partial charge in [-0.15, -0.1) is 0 Å². The molecule has 2 aliphatic heterocycles. The predicted molar refractivity (Wildman–Crippen MR) is 106 cm³/mol. The maximum atomic E-state index is 13.4. The number of rotatable bonds is 4. The molecule has 2 amide bonds. The van der Waals surface area contributed by atoms with Crippen LogP contribution in [0.25, 0.3) is 10.9 Å². The van der Waals surface area contributed by atoms with Gasteiger partial charge in [0.15, 0.2) is 0 Å². The molecule has 0 aliphatic carbocycles. The largest absolute Gasteiger partial charge is 0.368 e. The maximum absolute atomic E-state index is 13.4. The summed E-state index contributed by atoms with van der Waals surface area (Å²) in [5, 5.41) is 1.01. The first-order valence-corrected chi connectivity index (χ1v) is 9.84. The molecule has 3 heterocycles. The summed E-state index contributed by atoms with van der Waals surface area (Å²) >= 11 is 0. The van der Waals surface area contributed by atoms with Gasteiger partial charge >= 0.3 is 0 Å². The van der Waals surface area contributed by atoms with Crippen molar-refractivity contribution in [1.29, 1.82) is 0 Å². The number of likely N-dealkylation sites (tertiary alicyclic amines) is 1. The molecule has 4 rings (SSSR count). The van der Waals surface area contributed by atoms with Gasteiger partial charge in [-0.1, -0.05) is 18.2 Å². The average Bonchev–Trinajstić information content (AvgIpc) is 3.21. The molecular weight excluding hydrogens is 340 g/mol. The minimum atomic E-state index is -0.523. The van der Waals surface area contributed by atoms with Crippen LogP contribution in [0.2, 0.25) is 0 Å². The topological polar surface area (TPSA) is 71.6 Å². The molecule has 0 radical (unpaired) electrons. The normalized spacial score (nSPS) is 23.4. The Morgan fingerprint density at radius 2 is 2.04 bits per heavy atom. The number of para-hydroxylation sites is 1. The third kappa shape index (κ3) is 2.83. The van der Waals surface area contributed by atoms with Gasteiger partial charge in [-0.05, 0) is 51.8 Å². The van der Waals surface area contributed by atoms with E-state index in [0.29, 0.717) is 30.9 Å². The molecular formula is C21H28N4O2. The number of aromatic nitrogens is 1. The number of hydrogen-bond acceptors (Lipinski definition) is 3. The molecule has 6 heteroatoms. The molecule has 2 atom stereocenters. The number of primary amides is 1. The summed E-state index contributed by atoms with van der Waals surface area (Å²) in [5.41, 5.74) is 8.22. The molecule has 1 fully saturated rings. The molecule has 1 aromatic carbocycles. The highest BCUT2D eigenvalue weighted by atomic mass is 16.2. The summed E-state index contributed by atoms with van der Waals surface area (Å²) in [6.45, 7) is 8.44. The average molecular weight is 368 g/mol. The van der Waals surface area contributed by atoms with E-state index in [4.69, 9.17) is 5.73 Å². The predicted octanol–water partition coefficient (Wildman–Crippen LogP) is 2.30. The number of fused-ring (bicyclic) bond motifs is 3. The van der Waals surface area contributed by atoms with Crippen molar-refractivity contribution in [3.8, 4) is 0 Å². The van der Waals surface area contributed by atoms with Gasteiger partial charge in [0.05, 0.1) is 6.54 Å². The van der Waals surface area contributed by atoms with Gasteiger partial charge in [-0.25, -0.2) is 0 Å². The lowest BCUT2D eigenvalue weighted by atomic mass is 10.1. The molecule has 27 heavy (non-hydrogen) atoms. The lowest BCUT2D eigenvalue weighted by Gasteiger charge is -2.38. The lowest BCUT2D eigenvalue weighted by Crippen LogP contribution is -2.52. The zero-order valence-corrected chi connectivity index (χ0v) is 16.3. The monoisotopic (exact) mass is 368 g/mol. The van der Waals surface area contributed by atoms with Crippen LogP contribution in [0.1, 0.15) is 48.8 Å². The maximum Gasteiger partial charge on any atom is 0.270 e. The summed E-state index contributed by atoms with van der Waals surface area (Å²) in [6, 6.07) is 8.14. The van der Waals surface area contributed by atoms with E-state index in [1.54, 1.807) is 0 Å². The van der Waals surface area contributed by atoms with Crippen molar-refractivity contribution in [3.05, 3.63) is 35.5 Å². The van der Waals surface area contributed by atoms with Crippen molar-refractivity contribution in [3.63, 3.8) is 0 Å². The number of carbonyl (C=O) groups excluding carboxylic acids is 2. The Hall–Kier alpha value is -2.34. The number of nitrogens with two attached hydrogens (primary N) is 1. The number of benzene rings is 1. The van der Waals surface area contributed by atoms with Gasteiger partial charge in [0.2, 0.25) is 5.91 Å². The standard InChI is InChI=1S/C21H28N4O2/c1-13(2)24-10-6-7-15(24)11-23-12-18(20(22)26)25-17-9-5-4-8-16(17)14(3)19(25)21(23)27/h4-5,8-9,13,15,18H,6-7,10-12H2,1-3H3,(H2,22,26)/t15-,18?/m0/s1. The highest BCUT2D eigenvalue weighted by molar-refractivity contribution is 6.04. The van der Waals surface area contributed by atoms with Crippen molar-refractivity contribution in [2.45, 2.75) is 51.7 Å². The van der Waals surface area contributed by atoms with Crippen LogP contribution in [-0.2, 0) is 4.79 Å². The Bertz CT molecular complexity index is 901. The van der Waals surface area contributed by atoms with E-state index < -0.39 is 6.04 Å². The second-order valence-electron chi connectivity index (χ2n) is 8.12. The minimum Gasteiger partial charge on any atom is -0.368 e. The molecule has 0 bridgehead atoms. The van der Waals surface area contributed by atoms with Crippen molar-refractivity contribution in [1.82, 2.24) is 14.4 Å². The van der Waals surface area contributed by atoms with Gasteiger partial charge in [0.1, 0.15) is 11.7 Å². The third-order valence-electron chi connectivity index (χ3n) is 6.20. The fraction of sp³-hybridized carbons (Fsp3) is 0.524. The van der Waals surface area contributed by atoms with E-state index >= 15 is 0 Å². The van der Waals surface area contributed by atoms with Crippen molar-refractivity contribution >= 4 is 22.7 Å². The van der Waals surface area contributed by atoms with Gasteiger partial charge in [-0.2, -0.15) is 0 Å². The van der Waals surface area contributed by atoms with E-state index in [1.807, 2.05) is 40.7 Å². The quantitative estimate of drug-likeness (QED) is 0.900. The zero-order valence-electron chi connectivity index (χ0n) is 16.3. The zero-order chi connectivity index (χ0) is 19.3. The first-order valence-electron chi connectivity index (χ1n) is 9.84. The first kappa shape index (κ1) is 18.0. The van der Waals surface area contributed by atoms with Crippen LogP contribution in [0.3, 0.4) is 0 Å². The molecule has 0 spiro atoms. The van der Waals surface area contributed by atoms with Crippen LogP contribution in [-0.4, -0.2) is 57.9 Å². The lowest BCUT2D eigenvalue weighted by molar-refractivity contribution is -0.121. The van der Waals surface area contributed by atoms with Gasteiger partial charge in [0, 0.05) is 29.5 Å². The molecule has 144 valence electrons. The van der Waals surface area contributed by atoms with E-state index in [1.165, 1.54) is 0 Å². The number of aryl methyl sites for hydroxylation is 1. The van der Waals surface area contributed by atoms with Gasteiger partial charge < -0.3 is 15.2 Å². The number of amides is 2. The molecule has 1 saturated heterocycles. The van der Waals surface area contributed by atoms with Gasteiger partial charge in [-0.3, -0.25) is 14.5 Å². The SMILES string of the molecule is Cc1c2n(c3ccccc13)C(C(N)=O)CN(C[C@@H]1CCCN1C(C)C)C2=O. The Morgan fingerprint density at radius 3 is 2.74 bits per heavy atom. The highest BCUT2D eigenvalue weighted by Crippen LogP contribution is 2.34. The first-order chi connectivity index (χ1) is 12.9. The van der Waals surface area contributed by atoms with Crippen molar-refractivity contribution in [2.24, 2.45) is 5.73 Å². The number of carbonyl (C=O) groups is 2. The van der Waals surface area contributed by atoms with Crippen LogP contribution >= 0.6 is 0 Å². The smallest absolute Gasteiger partial charge is 0.270 e. The van der Waals surface area contributed by atoms with Crippen LogP contribution in [0.4, 0.5) is 0 Å². The second kappa shape index (κ2) is 6.68. The summed E-state index contributed by atoms with van der Waals surface area (Å²) < 4.78 is 1.86. The summed E-state index contributed by atoms with van der Waals surface area (Å²) in [5.74, 6) is -0.376. The van der Waals surface area contributed by atoms with Crippen LogP contribution in [0.15, 0.2) is 24.3 Å².